The topological polar surface area (TPSA) is 49.9 Å². The summed E-state index contributed by atoms with van der Waals surface area (Å²) in [6, 6.07) is 14.6. The van der Waals surface area contributed by atoms with Gasteiger partial charge in [-0.1, -0.05) is 35.4 Å². The molecule has 2 aromatic carbocycles. The first-order chi connectivity index (χ1) is 13.4. The Balaban J connectivity index is 1.59. The van der Waals surface area contributed by atoms with E-state index < -0.39 is 6.10 Å². The maximum atomic E-state index is 12.8. The van der Waals surface area contributed by atoms with E-state index in [1.807, 2.05) is 36.1 Å². The first-order valence-electron chi connectivity index (χ1n) is 9.51. The van der Waals surface area contributed by atoms with E-state index in [-0.39, 0.29) is 11.8 Å². The average molecular weight is 401 g/mol. The van der Waals surface area contributed by atoms with E-state index in [9.17, 15) is 9.59 Å². The van der Waals surface area contributed by atoms with Gasteiger partial charge in [0.1, 0.15) is 5.75 Å². The SMILES string of the molecule is Cc1cccc(C(=O)N2CCCN(C(=O)C(C)Oc3cccc(Cl)c3)CC2)c1. The first kappa shape index (κ1) is 20.2. The van der Waals surface area contributed by atoms with Crippen LogP contribution >= 0.6 is 11.6 Å². The number of hydrogen-bond acceptors (Lipinski definition) is 3. The number of rotatable bonds is 4. The number of carbonyl (C=O) groups is 2. The minimum absolute atomic E-state index is 0.0150. The highest BCUT2D eigenvalue weighted by Gasteiger charge is 2.26. The van der Waals surface area contributed by atoms with Crippen LogP contribution in [0.4, 0.5) is 0 Å². The number of nitrogens with zero attached hydrogens (tertiary/aromatic N) is 2. The van der Waals surface area contributed by atoms with Gasteiger partial charge in [0.25, 0.3) is 11.8 Å². The van der Waals surface area contributed by atoms with Crippen LogP contribution in [-0.2, 0) is 4.79 Å². The molecule has 1 fully saturated rings. The van der Waals surface area contributed by atoms with E-state index in [1.54, 1.807) is 36.1 Å². The van der Waals surface area contributed by atoms with Crippen LogP contribution in [0, 0.1) is 6.92 Å². The van der Waals surface area contributed by atoms with Gasteiger partial charge < -0.3 is 14.5 Å². The molecule has 2 amide bonds. The minimum Gasteiger partial charge on any atom is -0.481 e. The largest absolute Gasteiger partial charge is 0.481 e. The van der Waals surface area contributed by atoms with Crippen molar-refractivity contribution < 1.29 is 14.3 Å². The van der Waals surface area contributed by atoms with Gasteiger partial charge in [0.05, 0.1) is 0 Å². The van der Waals surface area contributed by atoms with Crippen molar-refractivity contribution >= 4 is 23.4 Å². The highest BCUT2D eigenvalue weighted by atomic mass is 35.5. The van der Waals surface area contributed by atoms with Crippen LogP contribution in [0.15, 0.2) is 48.5 Å². The number of benzene rings is 2. The Morgan fingerprint density at radius 1 is 1.00 bits per heavy atom. The molecular formula is C22H25ClN2O3. The highest BCUT2D eigenvalue weighted by molar-refractivity contribution is 6.30. The second-order valence-electron chi connectivity index (χ2n) is 7.06. The molecule has 28 heavy (non-hydrogen) atoms. The fourth-order valence-electron chi connectivity index (χ4n) is 3.35. The van der Waals surface area contributed by atoms with Gasteiger partial charge in [-0.05, 0) is 50.6 Å². The molecule has 1 heterocycles. The van der Waals surface area contributed by atoms with E-state index >= 15 is 0 Å². The Labute approximate surface area is 170 Å². The zero-order valence-corrected chi connectivity index (χ0v) is 17.0. The van der Waals surface area contributed by atoms with E-state index in [0.717, 1.165) is 12.0 Å². The van der Waals surface area contributed by atoms with Crippen molar-refractivity contribution in [2.75, 3.05) is 26.2 Å². The van der Waals surface area contributed by atoms with Crippen molar-refractivity contribution in [3.63, 3.8) is 0 Å². The molecule has 1 unspecified atom stereocenters. The molecule has 0 aliphatic carbocycles. The van der Waals surface area contributed by atoms with Crippen molar-refractivity contribution in [3.05, 3.63) is 64.7 Å². The quantitative estimate of drug-likeness (QED) is 0.784. The molecule has 1 atom stereocenters. The summed E-state index contributed by atoms with van der Waals surface area (Å²) in [4.78, 5) is 29.2. The third-order valence-electron chi connectivity index (χ3n) is 4.82. The number of aryl methyl sites for hydroxylation is 1. The van der Waals surface area contributed by atoms with Crippen LogP contribution in [-0.4, -0.2) is 53.9 Å². The summed E-state index contributed by atoms with van der Waals surface area (Å²) in [6.45, 7) is 5.98. The Morgan fingerprint density at radius 2 is 1.71 bits per heavy atom. The molecule has 1 aliphatic rings. The van der Waals surface area contributed by atoms with Gasteiger partial charge in [-0.25, -0.2) is 0 Å². The van der Waals surface area contributed by atoms with Crippen LogP contribution in [0.25, 0.3) is 0 Å². The Kier molecular flexibility index (Phi) is 6.57. The first-order valence-corrected chi connectivity index (χ1v) is 9.89. The van der Waals surface area contributed by atoms with Crippen molar-refractivity contribution in [1.82, 2.24) is 9.80 Å². The molecule has 0 spiro atoms. The molecule has 148 valence electrons. The van der Waals surface area contributed by atoms with Crippen molar-refractivity contribution in [1.29, 1.82) is 0 Å². The molecule has 2 aromatic rings. The lowest BCUT2D eigenvalue weighted by Gasteiger charge is -2.25. The number of amides is 2. The molecule has 0 radical (unpaired) electrons. The summed E-state index contributed by atoms with van der Waals surface area (Å²) in [5, 5.41) is 0.567. The molecule has 6 heteroatoms. The van der Waals surface area contributed by atoms with Crippen molar-refractivity contribution in [2.45, 2.75) is 26.4 Å². The zero-order chi connectivity index (χ0) is 20.1. The second-order valence-corrected chi connectivity index (χ2v) is 7.49. The van der Waals surface area contributed by atoms with Crippen molar-refractivity contribution in [2.24, 2.45) is 0 Å². The maximum Gasteiger partial charge on any atom is 0.263 e. The molecule has 1 aliphatic heterocycles. The lowest BCUT2D eigenvalue weighted by Crippen LogP contribution is -2.43. The fourth-order valence-corrected chi connectivity index (χ4v) is 3.53. The molecule has 0 aromatic heterocycles. The Hall–Kier alpha value is -2.53. The van der Waals surface area contributed by atoms with E-state index in [2.05, 4.69) is 0 Å². The van der Waals surface area contributed by atoms with Gasteiger partial charge in [0.2, 0.25) is 0 Å². The second kappa shape index (κ2) is 9.11. The molecular weight excluding hydrogens is 376 g/mol. The smallest absolute Gasteiger partial charge is 0.263 e. The number of carbonyl (C=O) groups excluding carboxylic acids is 2. The normalized spacial score (nSPS) is 15.7. The van der Waals surface area contributed by atoms with Crippen LogP contribution < -0.4 is 4.74 Å². The summed E-state index contributed by atoms with van der Waals surface area (Å²) in [5.41, 5.74) is 1.75. The van der Waals surface area contributed by atoms with Crippen LogP contribution in [0.5, 0.6) is 5.75 Å². The predicted molar refractivity (Wildman–Crippen MR) is 110 cm³/mol. The Bertz CT molecular complexity index is 855. The van der Waals surface area contributed by atoms with Crippen molar-refractivity contribution in [3.8, 4) is 5.75 Å². The standard InChI is InChI=1S/C22H25ClN2O3/c1-16-6-3-7-18(14-16)22(27)25-11-5-10-24(12-13-25)21(26)17(2)28-20-9-4-8-19(23)15-20/h3-4,6-9,14-15,17H,5,10-13H2,1-2H3. The number of hydrogen-bond donors (Lipinski definition) is 0. The average Bonchev–Trinajstić information content (AvgIpc) is 2.93. The molecule has 0 saturated carbocycles. The minimum atomic E-state index is -0.613. The summed E-state index contributed by atoms with van der Waals surface area (Å²) in [5.74, 6) is 0.505. The van der Waals surface area contributed by atoms with Gasteiger partial charge in [0, 0.05) is 36.8 Å². The summed E-state index contributed by atoms with van der Waals surface area (Å²) < 4.78 is 5.75. The third-order valence-corrected chi connectivity index (χ3v) is 5.05. The van der Waals surface area contributed by atoms with Gasteiger partial charge in [-0.2, -0.15) is 0 Å². The van der Waals surface area contributed by atoms with Crippen LogP contribution in [0.1, 0.15) is 29.3 Å². The van der Waals surface area contributed by atoms with Gasteiger partial charge in [-0.3, -0.25) is 9.59 Å². The Morgan fingerprint density at radius 3 is 2.46 bits per heavy atom. The van der Waals surface area contributed by atoms with Gasteiger partial charge >= 0.3 is 0 Å². The highest BCUT2D eigenvalue weighted by Crippen LogP contribution is 2.19. The molecule has 3 rings (SSSR count). The lowest BCUT2D eigenvalue weighted by molar-refractivity contribution is -0.137. The third kappa shape index (κ3) is 5.04. The van der Waals surface area contributed by atoms with E-state index in [1.165, 1.54) is 0 Å². The lowest BCUT2D eigenvalue weighted by atomic mass is 10.1. The predicted octanol–water partition coefficient (Wildman–Crippen LogP) is 3.79. The fraction of sp³-hybridized carbons (Fsp3) is 0.364. The molecule has 1 saturated heterocycles. The molecule has 0 N–H and O–H groups in total. The summed E-state index contributed by atoms with van der Waals surface area (Å²) in [6.07, 6.45) is 0.130. The monoisotopic (exact) mass is 400 g/mol. The zero-order valence-electron chi connectivity index (χ0n) is 16.2. The van der Waals surface area contributed by atoms with Gasteiger partial charge in [-0.15, -0.1) is 0 Å². The van der Waals surface area contributed by atoms with E-state index in [4.69, 9.17) is 16.3 Å². The summed E-state index contributed by atoms with van der Waals surface area (Å²) in [7, 11) is 0. The molecule has 0 bridgehead atoms. The van der Waals surface area contributed by atoms with Gasteiger partial charge in [0.15, 0.2) is 6.10 Å². The van der Waals surface area contributed by atoms with Crippen LogP contribution in [0.3, 0.4) is 0 Å². The summed E-state index contributed by atoms with van der Waals surface area (Å²) >= 11 is 5.97. The van der Waals surface area contributed by atoms with Crippen LogP contribution in [0.2, 0.25) is 5.02 Å². The maximum absolute atomic E-state index is 12.8. The van der Waals surface area contributed by atoms with E-state index in [0.29, 0.717) is 42.5 Å². The number of halogens is 1. The number of ether oxygens (including phenoxy) is 1. The molecule has 5 nitrogen and oxygen atoms in total.